The zero-order valence-corrected chi connectivity index (χ0v) is 13.2. The van der Waals surface area contributed by atoms with E-state index in [1.54, 1.807) is 0 Å². The lowest BCUT2D eigenvalue weighted by Gasteiger charge is -2.35. The average molecular weight is 294 g/mol. The topological polar surface area (TPSA) is 75.6 Å². The van der Waals surface area contributed by atoms with E-state index in [0.29, 0.717) is 5.92 Å². The van der Waals surface area contributed by atoms with Crippen LogP contribution in [0.25, 0.3) is 0 Å². The van der Waals surface area contributed by atoms with Crippen molar-refractivity contribution in [2.75, 3.05) is 26.2 Å². The number of carbonyl (C=O) groups excluding carboxylic acids is 1. The Balaban J connectivity index is 1.78. The number of nitrogens with zero attached hydrogens (tertiary/aromatic N) is 3. The van der Waals surface area contributed by atoms with Crippen LogP contribution in [0.3, 0.4) is 0 Å². The molecular weight excluding hydrogens is 268 g/mol. The molecule has 2 N–H and O–H groups in total. The molecule has 6 nitrogen and oxygen atoms in total. The molecule has 1 fully saturated rings. The molecule has 1 amide bonds. The maximum Gasteiger partial charge on any atom is 0.239 e. The van der Waals surface area contributed by atoms with Gasteiger partial charge in [-0.2, -0.15) is 0 Å². The molecule has 1 aliphatic rings. The normalized spacial score (nSPS) is 18.2. The molecule has 1 saturated heterocycles. The van der Waals surface area contributed by atoms with Crippen molar-refractivity contribution < 1.29 is 9.32 Å². The standard InChI is InChI=1S/C15H26N4O2/c1-11(2)8-14(16)15(20)19-6-4-18(5-7-19)10-13-9-12(3)21-17-13/h9,11,14H,4-8,10,16H2,1-3H3/t14-/m0/s1. The van der Waals surface area contributed by atoms with Crippen LogP contribution in [0, 0.1) is 12.8 Å². The summed E-state index contributed by atoms with van der Waals surface area (Å²) in [4.78, 5) is 16.4. The van der Waals surface area contributed by atoms with E-state index in [2.05, 4.69) is 23.9 Å². The van der Waals surface area contributed by atoms with Crippen molar-refractivity contribution in [3.63, 3.8) is 0 Å². The minimum Gasteiger partial charge on any atom is -0.361 e. The fourth-order valence-electron chi connectivity index (χ4n) is 2.69. The van der Waals surface area contributed by atoms with Gasteiger partial charge < -0.3 is 15.2 Å². The Bertz CT molecular complexity index is 464. The maximum absolute atomic E-state index is 12.3. The smallest absolute Gasteiger partial charge is 0.239 e. The number of nitrogens with two attached hydrogens (primary N) is 1. The summed E-state index contributed by atoms with van der Waals surface area (Å²) >= 11 is 0. The first kappa shape index (κ1) is 16.0. The molecular formula is C15H26N4O2. The highest BCUT2D eigenvalue weighted by Gasteiger charge is 2.25. The second kappa shape index (κ2) is 7.04. The van der Waals surface area contributed by atoms with Crippen molar-refractivity contribution in [3.05, 3.63) is 17.5 Å². The molecule has 118 valence electrons. The van der Waals surface area contributed by atoms with Gasteiger partial charge in [0, 0.05) is 38.8 Å². The van der Waals surface area contributed by atoms with Gasteiger partial charge in [-0.05, 0) is 19.3 Å². The van der Waals surface area contributed by atoms with E-state index in [4.69, 9.17) is 10.3 Å². The molecule has 1 aromatic rings. The number of hydrogen-bond donors (Lipinski definition) is 1. The van der Waals surface area contributed by atoms with Crippen molar-refractivity contribution in [2.24, 2.45) is 11.7 Å². The van der Waals surface area contributed by atoms with Gasteiger partial charge in [0.25, 0.3) is 0 Å². The predicted octanol–water partition coefficient (Wildman–Crippen LogP) is 1.00. The molecule has 1 aliphatic heterocycles. The first-order valence-corrected chi connectivity index (χ1v) is 7.64. The number of aromatic nitrogens is 1. The van der Waals surface area contributed by atoms with Gasteiger partial charge in [-0.3, -0.25) is 9.69 Å². The van der Waals surface area contributed by atoms with Crippen molar-refractivity contribution in [2.45, 2.75) is 39.8 Å². The molecule has 0 spiro atoms. The Kier molecular flexibility index (Phi) is 5.36. The monoisotopic (exact) mass is 294 g/mol. The van der Waals surface area contributed by atoms with Gasteiger partial charge in [-0.15, -0.1) is 0 Å². The summed E-state index contributed by atoms with van der Waals surface area (Å²) < 4.78 is 5.08. The molecule has 0 bridgehead atoms. The van der Waals surface area contributed by atoms with E-state index in [-0.39, 0.29) is 11.9 Å². The first-order valence-electron chi connectivity index (χ1n) is 7.64. The van der Waals surface area contributed by atoms with Crippen LogP contribution in [0.5, 0.6) is 0 Å². The van der Waals surface area contributed by atoms with E-state index in [1.807, 2.05) is 17.9 Å². The van der Waals surface area contributed by atoms with Crippen LogP contribution in [0.15, 0.2) is 10.6 Å². The zero-order valence-electron chi connectivity index (χ0n) is 13.2. The van der Waals surface area contributed by atoms with Crippen LogP contribution in [-0.2, 0) is 11.3 Å². The van der Waals surface area contributed by atoms with Gasteiger partial charge in [-0.25, -0.2) is 0 Å². The molecule has 2 heterocycles. The third kappa shape index (κ3) is 4.54. The Morgan fingerprint density at radius 3 is 2.57 bits per heavy atom. The van der Waals surface area contributed by atoms with Crippen LogP contribution in [0.2, 0.25) is 0 Å². The van der Waals surface area contributed by atoms with E-state index in [0.717, 1.165) is 50.6 Å². The molecule has 0 aliphatic carbocycles. The second-order valence-electron chi connectivity index (χ2n) is 6.27. The van der Waals surface area contributed by atoms with Gasteiger partial charge >= 0.3 is 0 Å². The van der Waals surface area contributed by atoms with Gasteiger partial charge in [0.15, 0.2) is 0 Å². The highest BCUT2D eigenvalue weighted by atomic mass is 16.5. The highest BCUT2D eigenvalue weighted by molar-refractivity contribution is 5.81. The van der Waals surface area contributed by atoms with Crippen LogP contribution in [-0.4, -0.2) is 53.1 Å². The number of amides is 1. The number of carbonyl (C=O) groups is 1. The van der Waals surface area contributed by atoms with Crippen LogP contribution in [0.4, 0.5) is 0 Å². The molecule has 0 saturated carbocycles. The summed E-state index contributed by atoms with van der Waals surface area (Å²) in [7, 11) is 0. The molecule has 0 radical (unpaired) electrons. The summed E-state index contributed by atoms with van der Waals surface area (Å²) in [6.07, 6.45) is 0.747. The van der Waals surface area contributed by atoms with Crippen LogP contribution < -0.4 is 5.73 Å². The van der Waals surface area contributed by atoms with E-state index in [9.17, 15) is 4.79 Å². The maximum atomic E-state index is 12.3. The third-order valence-corrected chi connectivity index (χ3v) is 3.79. The van der Waals surface area contributed by atoms with Gasteiger partial charge in [0.1, 0.15) is 5.76 Å². The Morgan fingerprint density at radius 1 is 1.38 bits per heavy atom. The van der Waals surface area contributed by atoms with Crippen molar-refractivity contribution in [1.29, 1.82) is 0 Å². The minimum absolute atomic E-state index is 0.0839. The van der Waals surface area contributed by atoms with Gasteiger partial charge in [0.05, 0.1) is 11.7 Å². The quantitative estimate of drug-likeness (QED) is 0.877. The summed E-state index contributed by atoms with van der Waals surface area (Å²) in [5.41, 5.74) is 6.93. The molecule has 0 aromatic carbocycles. The van der Waals surface area contributed by atoms with E-state index in [1.165, 1.54) is 0 Å². The molecule has 0 unspecified atom stereocenters. The molecule has 21 heavy (non-hydrogen) atoms. The molecule has 1 aromatic heterocycles. The number of piperazine rings is 1. The fraction of sp³-hybridized carbons (Fsp3) is 0.733. The molecule has 1 atom stereocenters. The minimum atomic E-state index is -0.366. The largest absolute Gasteiger partial charge is 0.361 e. The highest BCUT2D eigenvalue weighted by Crippen LogP contribution is 2.11. The van der Waals surface area contributed by atoms with Crippen molar-refractivity contribution in [3.8, 4) is 0 Å². The van der Waals surface area contributed by atoms with E-state index < -0.39 is 0 Å². The zero-order chi connectivity index (χ0) is 15.4. The first-order chi connectivity index (χ1) is 9.95. The van der Waals surface area contributed by atoms with E-state index >= 15 is 0 Å². The Morgan fingerprint density at radius 2 is 2.05 bits per heavy atom. The predicted molar refractivity (Wildman–Crippen MR) is 80.5 cm³/mol. The van der Waals surface area contributed by atoms with Crippen LogP contribution in [0.1, 0.15) is 31.7 Å². The van der Waals surface area contributed by atoms with Gasteiger partial charge in [-0.1, -0.05) is 19.0 Å². The number of aryl methyl sites for hydroxylation is 1. The fourth-order valence-corrected chi connectivity index (χ4v) is 2.69. The molecule has 2 rings (SSSR count). The lowest BCUT2D eigenvalue weighted by Crippen LogP contribution is -2.53. The SMILES string of the molecule is Cc1cc(CN2CCN(C(=O)[C@@H](N)CC(C)C)CC2)no1. The van der Waals surface area contributed by atoms with Crippen LogP contribution >= 0.6 is 0 Å². The molecule has 6 heteroatoms. The Labute approximate surface area is 126 Å². The summed E-state index contributed by atoms with van der Waals surface area (Å²) in [6.45, 7) is 10.0. The number of hydrogen-bond acceptors (Lipinski definition) is 5. The van der Waals surface area contributed by atoms with Crippen molar-refractivity contribution in [1.82, 2.24) is 15.0 Å². The lowest BCUT2D eigenvalue weighted by molar-refractivity contribution is -0.134. The lowest BCUT2D eigenvalue weighted by atomic mass is 10.0. The summed E-state index contributed by atoms with van der Waals surface area (Å²) in [5, 5.41) is 4.01. The summed E-state index contributed by atoms with van der Waals surface area (Å²) in [5.74, 6) is 1.36. The number of rotatable bonds is 5. The van der Waals surface area contributed by atoms with Gasteiger partial charge in [0.2, 0.25) is 5.91 Å². The Hall–Kier alpha value is -1.40. The summed E-state index contributed by atoms with van der Waals surface area (Å²) in [6, 6.07) is 1.59. The van der Waals surface area contributed by atoms with Crippen molar-refractivity contribution >= 4 is 5.91 Å². The average Bonchev–Trinajstić information content (AvgIpc) is 2.83. The third-order valence-electron chi connectivity index (χ3n) is 3.79. The second-order valence-corrected chi connectivity index (χ2v) is 6.27.